The molecule has 3 nitrogen and oxygen atoms in total. The Bertz CT molecular complexity index is 711. The number of hydrogen-bond acceptors (Lipinski definition) is 4. The van der Waals surface area contributed by atoms with E-state index in [1.165, 1.54) is 23.7 Å². The normalized spacial score (nSPS) is 10.7. The molecule has 3 aromatic rings. The van der Waals surface area contributed by atoms with Crippen LogP contribution in [0, 0.1) is 5.82 Å². The molecule has 1 heterocycles. The smallest absolute Gasteiger partial charge is 0.207 e. The molecule has 0 bridgehead atoms. The molecule has 18 heavy (non-hydrogen) atoms. The minimum absolute atomic E-state index is 0.108. The molecule has 0 amide bonds. The second-order valence-electron chi connectivity index (χ2n) is 3.77. The van der Waals surface area contributed by atoms with Crippen LogP contribution >= 0.6 is 11.5 Å². The monoisotopic (exact) mass is 260 g/mol. The summed E-state index contributed by atoms with van der Waals surface area (Å²) in [4.78, 5) is 0. The van der Waals surface area contributed by atoms with Crippen molar-refractivity contribution >= 4 is 28.1 Å². The number of nitrogens with zero attached hydrogens (tertiary/aromatic N) is 1. The first-order chi connectivity index (χ1) is 8.74. The molecule has 3 rings (SSSR count). The van der Waals surface area contributed by atoms with E-state index in [0.29, 0.717) is 10.8 Å². The SMILES string of the molecule is Nc1ccc(Oc2snc3ccccc23)cc1F. The van der Waals surface area contributed by atoms with Gasteiger partial charge in [-0.25, -0.2) is 4.39 Å². The zero-order valence-corrected chi connectivity index (χ0v) is 10.1. The van der Waals surface area contributed by atoms with Crippen molar-refractivity contribution in [1.82, 2.24) is 4.37 Å². The van der Waals surface area contributed by atoms with Gasteiger partial charge in [0.25, 0.3) is 0 Å². The van der Waals surface area contributed by atoms with Crippen molar-refractivity contribution in [2.45, 2.75) is 0 Å². The predicted octanol–water partition coefficient (Wildman–Crippen LogP) is 3.81. The summed E-state index contributed by atoms with van der Waals surface area (Å²) in [6.07, 6.45) is 0. The van der Waals surface area contributed by atoms with E-state index in [9.17, 15) is 4.39 Å². The van der Waals surface area contributed by atoms with Crippen molar-refractivity contribution in [2.24, 2.45) is 0 Å². The van der Waals surface area contributed by atoms with Crippen molar-refractivity contribution in [3.63, 3.8) is 0 Å². The van der Waals surface area contributed by atoms with E-state index in [-0.39, 0.29) is 5.69 Å². The summed E-state index contributed by atoms with van der Waals surface area (Å²) < 4.78 is 23.2. The Morgan fingerprint density at radius 3 is 2.83 bits per heavy atom. The van der Waals surface area contributed by atoms with Gasteiger partial charge >= 0.3 is 0 Å². The summed E-state index contributed by atoms with van der Waals surface area (Å²) in [6, 6.07) is 12.0. The second-order valence-corrected chi connectivity index (χ2v) is 4.51. The maximum absolute atomic E-state index is 13.3. The van der Waals surface area contributed by atoms with E-state index in [1.807, 2.05) is 24.3 Å². The number of aromatic nitrogens is 1. The first-order valence-electron chi connectivity index (χ1n) is 5.31. The van der Waals surface area contributed by atoms with Crippen molar-refractivity contribution in [2.75, 3.05) is 5.73 Å². The molecule has 0 unspecified atom stereocenters. The third kappa shape index (κ3) is 1.89. The van der Waals surface area contributed by atoms with E-state index >= 15 is 0 Å². The number of fused-ring (bicyclic) bond motifs is 1. The summed E-state index contributed by atoms with van der Waals surface area (Å²) in [5, 5.41) is 1.56. The Morgan fingerprint density at radius 1 is 1.17 bits per heavy atom. The van der Waals surface area contributed by atoms with E-state index in [1.54, 1.807) is 6.07 Å². The third-order valence-corrected chi connectivity index (χ3v) is 3.29. The molecule has 2 N–H and O–H groups in total. The fraction of sp³-hybridized carbons (Fsp3) is 0. The van der Waals surface area contributed by atoms with Gasteiger partial charge < -0.3 is 10.5 Å². The summed E-state index contributed by atoms with van der Waals surface area (Å²) in [5.41, 5.74) is 6.39. The van der Waals surface area contributed by atoms with Crippen LogP contribution in [0.15, 0.2) is 42.5 Å². The minimum Gasteiger partial charge on any atom is -0.444 e. The van der Waals surface area contributed by atoms with Gasteiger partial charge in [-0.1, -0.05) is 12.1 Å². The maximum atomic E-state index is 13.3. The molecule has 0 aliphatic heterocycles. The number of nitrogens with two attached hydrogens (primary N) is 1. The summed E-state index contributed by atoms with van der Waals surface area (Å²) in [6.45, 7) is 0. The highest BCUT2D eigenvalue weighted by molar-refractivity contribution is 7.09. The van der Waals surface area contributed by atoms with Gasteiger partial charge in [0.1, 0.15) is 11.6 Å². The fourth-order valence-electron chi connectivity index (χ4n) is 1.62. The Balaban J connectivity index is 1.98. The van der Waals surface area contributed by atoms with Gasteiger partial charge in [-0.05, 0) is 24.3 Å². The zero-order chi connectivity index (χ0) is 12.5. The highest BCUT2D eigenvalue weighted by Gasteiger charge is 2.08. The molecule has 0 atom stereocenters. The number of anilines is 1. The minimum atomic E-state index is -0.485. The van der Waals surface area contributed by atoms with Crippen molar-refractivity contribution in [1.29, 1.82) is 0 Å². The average molecular weight is 260 g/mol. The average Bonchev–Trinajstić information content (AvgIpc) is 2.78. The number of benzene rings is 2. The van der Waals surface area contributed by atoms with E-state index < -0.39 is 5.82 Å². The lowest BCUT2D eigenvalue weighted by Gasteiger charge is -2.04. The molecule has 0 saturated carbocycles. The molecular formula is C13H9FN2OS. The van der Waals surface area contributed by atoms with Gasteiger partial charge in [-0.3, -0.25) is 0 Å². The van der Waals surface area contributed by atoms with E-state index in [0.717, 1.165) is 10.9 Å². The fourth-order valence-corrected chi connectivity index (χ4v) is 2.36. The highest BCUT2D eigenvalue weighted by atomic mass is 32.1. The van der Waals surface area contributed by atoms with Crippen LogP contribution in [0.2, 0.25) is 0 Å². The maximum Gasteiger partial charge on any atom is 0.207 e. The van der Waals surface area contributed by atoms with Gasteiger partial charge in [0, 0.05) is 17.6 Å². The van der Waals surface area contributed by atoms with Crippen LogP contribution in [0.1, 0.15) is 0 Å². The molecule has 90 valence electrons. The molecule has 2 aromatic carbocycles. The lowest BCUT2D eigenvalue weighted by molar-refractivity contribution is 0.495. The molecule has 0 spiro atoms. The van der Waals surface area contributed by atoms with Crippen LogP contribution in [0.5, 0.6) is 10.8 Å². The first-order valence-corrected chi connectivity index (χ1v) is 6.08. The Labute approximate surface area is 107 Å². The summed E-state index contributed by atoms with van der Waals surface area (Å²) in [7, 11) is 0. The quantitative estimate of drug-likeness (QED) is 0.713. The molecule has 0 aliphatic carbocycles. The molecule has 0 radical (unpaired) electrons. The lowest BCUT2D eigenvalue weighted by Crippen LogP contribution is -1.90. The number of nitrogen functional groups attached to an aromatic ring is 1. The van der Waals surface area contributed by atoms with E-state index in [4.69, 9.17) is 10.5 Å². The Hall–Kier alpha value is -2.14. The largest absolute Gasteiger partial charge is 0.444 e. The molecule has 0 saturated heterocycles. The van der Waals surface area contributed by atoms with Crippen LogP contribution in [-0.4, -0.2) is 4.37 Å². The van der Waals surface area contributed by atoms with Gasteiger partial charge in [0.2, 0.25) is 5.06 Å². The second kappa shape index (κ2) is 4.27. The highest BCUT2D eigenvalue weighted by Crippen LogP contribution is 2.34. The third-order valence-electron chi connectivity index (χ3n) is 2.53. The molecule has 5 heteroatoms. The standard InChI is InChI=1S/C13H9FN2OS/c14-10-7-8(5-6-11(10)15)17-13-9-3-1-2-4-12(9)16-18-13/h1-7H,15H2. The molecule has 0 fully saturated rings. The number of rotatable bonds is 2. The van der Waals surface area contributed by atoms with Gasteiger partial charge in [0.15, 0.2) is 0 Å². The first kappa shape index (κ1) is 11.0. The van der Waals surface area contributed by atoms with Crippen LogP contribution in [0.3, 0.4) is 0 Å². The van der Waals surface area contributed by atoms with Crippen molar-refractivity contribution in [3.05, 3.63) is 48.3 Å². The topological polar surface area (TPSA) is 48.1 Å². The number of hydrogen-bond donors (Lipinski definition) is 1. The lowest BCUT2D eigenvalue weighted by atomic mass is 10.2. The van der Waals surface area contributed by atoms with Crippen LogP contribution in [0.4, 0.5) is 10.1 Å². The summed E-state index contributed by atoms with van der Waals surface area (Å²) in [5.74, 6) is -0.0718. The van der Waals surface area contributed by atoms with Gasteiger partial charge in [-0.15, -0.1) is 0 Å². The van der Waals surface area contributed by atoms with Crippen LogP contribution < -0.4 is 10.5 Å². The number of halogens is 1. The van der Waals surface area contributed by atoms with Crippen molar-refractivity contribution in [3.8, 4) is 10.8 Å². The zero-order valence-electron chi connectivity index (χ0n) is 9.26. The van der Waals surface area contributed by atoms with Crippen molar-refractivity contribution < 1.29 is 9.13 Å². The van der Waals surface area contributed by atoms with Gasteiger partial charge in [0.05, 0.1) is 16.6 Å². The molecule has 0 aliphatic rings. The van der Waals surface area contributed by atoms with Gasteiger partial charge in [-0.2, -0.15) is 4.37 Å². The molecular weight excluding hydrogens is 251 g/mol. The molecule has 1 aromatic heterocycles. The van der Waals surface area contributed by atoms with Crippen LogP contribution in [0.25, 0.3) is 10.9 Å². The number of ether oxygens (including phenoxy) is 1. The van der Waals surface area contributed by atoms with Crippen LogP contribution in [-0.2, 0) is 0 Å². The Kier molecular flexibility index (Phi) is 2.60. The van der Waals surface area contributed by atoms with E-state index in [2.05, 4.69) is 4.37 Å². The Morgan fingerprint density at radius 2 is 2.00 bits per heavy atom. The predicted molar refractivity (Wildman–Crippen MR) is 70.5 cm³/mol. The summed E-state index contributed by atoms with van der Waals surface area (Å²) >= 11 is 1.24.